The molecule has 0 aliphatic carbocycles. The second-order valence-corrected chi connectivity index (χ2v) is 7.65. The van der Waals surface area contributed by atoms with Gasteiger partial charge in [0.25, 0.3) is 5.91 Å². The molecule has 1 amide bonds. The summed E-state index contributed by atoms with van der Waals surface area (Å²) in [6.45, 7) is 3.35. The highest BCUT2D eigenvalue weighted by molar-refractivity contribution is 7.80. The van der Waals surface area contributed by atoms with Crippen LogP contribution in [0.3, 0.4) is 0 Å². The van der Waals surface area contributed by atoms with Gasteiger partial charge < -0.3 is 14.8 Å². The van der Waals surface area contributed by atoms with E-state index in [2.05, 4.69) is 22.8 Å². The summed E-state index contributed by atoms with van der Waals surface area (Å²) in [4.78, 5) is 12.4. The number of ether oxygens (including phenoxy) is 2. The van der Waals surface area contributed by atoms with Gasteiger partial charge in [-0.2, -0.15) is 0 Å². The first-order valence-electron chi connectivity index (χ1n) is 10.8. The van der Waals surface area contributed by atoms with E-state index in [0.29, 0.717) is 18.8 Å². The summed E-state index contributed by atoms with van der Waals surface area (Å²) in [6, 6.07) is 24.8. The van der Waals surface area contributed by atoms with E-state index < -0.39 is 0 Å². The van der Waals surface area contributed by atoms with Gasteiger partial charge in [-0.3, -0.25) is 10.1 Å². The van der Waals surface area contributed by atoms with Crippen molar-refractivity contribution in [2.24, 2.45) is 0 Å². The average molecular weight is 449 g/mol. The number of thiocarbonyl (C=S) groups is 1. The minimum atomic E-state index is -0.275. The van der Waals surface area contributed by atoms with Crippen LogP contribution in [0, 0.1) is 0 Å². The summed E-state index contributed by atoms with van der Waals surface area (Å²) in [5.41, 5.74) is 2.60. The van der Waals surface area contributed by atoms with E-state index in [1.165, 1.54) is 5.56 Å². The van der Waals surface area contributed by atoms with E-state index in [0.717, 1.165) is 36.4 Å². The van der Waals surface area contributed by atoms with Crippen molar-refractivity contribution < 1.29 is 14.3 Å². The van der Waals surface area contributed by atoms with Crippen molar-refractivity contribution in [1.82, 2.24) is 5.32 Å². The van der Waals surface area contributed by atoms with Crippen LogP contribution in [0.4, 0.5) is 5.69 Å². The maximum Gasteiger partial charge on any atom is 0.257 e. The lowest BCUT2D eigenvalue weighted by atomic mass is 10.1. The number of carbonyl (C=O) groups excluding carboxylic acids is 1. The Morgan fingerprint density at radius 1 is 0.844 bits per heavy atom. The summed E-state index contributed by atoms with van der Waals surface area (Å²) >= 11 is 5.26. The molecule has 6 heteroatoms. The highest BCUT2D eigenvalue weighted by Gasteiger charge is 2.08. The minimum absolute atomic E-state index is 0.234. The minimum Gasteiger partial charge on any atom is -0.494 e. The first-order chi connectivity index (χ1) is 15.6. The fourth-order valence-corrected chi connectivity index (χ4v) is 3.22. The smallest absolute Gasteiger partial charge is 0.257 e. The highest BCUT2D eigenvalue weighted by Crippen LogP contribution is 2.17. The van der Waals surface area contributed by atoms with Crippen LogP contribution in [-0.4, -0.2) is 24.2 Å². The number of anilines is 1. The Labute approximate surface area is 194 Å². The second-order valence-electron chi connectivity index (χ2n) is 7.24. The molecular weight excluding hydrogens is 420 g/mol. The number of aryl methyl sites for hydroxylation is 1. The van der Waals surface area contributed by atoms with Crippen LogP contribution in [0.25, 0.3) is 0 Å². The molecule has 3 aromatic carbocycles. The fraction of sp³-hybridized carbons (Fsp3) is 0.231. The largest absolute Gasteiger partial charge is 0.494 e. The van der Waals surface area contributed by atoms with Crippen molar-refractivity contribution in [2.75, 3.05) is 18.5 Å². The zero-order valence-corrected chi connectivity index (χ0v) is 19.0. The molecule has 0 heterocycles. The maximum absolute atomic E-state index is 12.4. The lowest BCUT2D eigenvalue weighted by molar-refractivity contribution is 0.0977. The van der Waals surface area contributed by atoms with Crippen LogP contribution in [0.2, 0.25) is 0 Å². The molecule has 0 atom stereocenters. The Morgan fingerprint density at radius 2 is 1.47 bits per heavy atom. The number of hydrogen-bond acceptors (Lipinski definition) is 4. The number of amides is 1. The molecule has 0 spiro atoms. The lowest BCUT2D eigenvalue weighted by Crippen LogP contribution is -2.34. The van der Waals surface area contributed by atoms with Crippen molar-refractivity contribution in [2.45, 2.75) is 26.2 Å². The lowest BCUT2D eigenvalue weighted by Gasteiger charge is -2.11. The topological polar surface area (TPSA) is 59.6 Å². The molecular formula is C26H28N2O3S. The predicted molar refractivity (Wildman–Crippen MR) is 133 cm³/mol. The van der Waals surface area contributed by atoms with Crippen LogP contribution < -0.4 is 20.1 Å². The molecule has 3 aromatic rings. The highest BCUT2D eigenvalue weighted by atomic mass is 32.1. The van der Waals surface area contributed by atoms with Gasteiger partial charge in [0.2, 0.25) is 0 Å². The predicted octanol–water partition coefficient (Wildman–Crippen LogP) is 5.61. The van der Waals surface area contributed by atoms with Gasteiger partial charge in [0.05, 0.1) is 13.2 Å². The normalized spacial score (nSPS) is 10.3. The standard InChI is InChI=1S/C26H28N2O3S/c1-2-18-30-23-14-10-21(11-15-23)25(29)28-26(32)27-22-12-16-24(17-13-22)31-19-6-9-20-7-4-3-5-8-20/h3-5,7-8,10-17H,2,6,9,18-19H2,1H3,(H2,27,28,29,32). The molecule has 0 radical (unpaired) electrons. The van der Waals surface area contributed by atoms with Gasteiger partial charge in [0.15, 0.2) is 5.11 Å². The molecule has 5 nitrogen and oxygen atoms in total. The van der Waals surface area contributed by atoms with Crippen LogP contribution in [0.1, 0.15) is 35.7 Å². The Hall–Kier alpha value is -3.38. The number of rotatable bonds is 10. The van der Waals surface area contributed by atoms with E-state index in [1.54, 1.807) is 24.3 Å². The number of nitrogens with one attached hydrogen (secondary N) is 2. The van der Waals surface area contributed by atoms with Crippen LogP contribution in [0.15, 0.2) is 78.9 Å². The molecule has 0 aromatic heterocycles. The van der Waals surface area contributed by atoms with Crippen molar-refractivity contribution >= 4 is 28.9 Å². The first kappa shape index (κ1) is 23.3. The van der Waals surface area contributed by atoms with Crippen molar-refractivity contribution in [3.8, 4) is 11.5 Å². The Morgan fingerprint density at radius 3 is 2.12 bits per heavy atom. The maximum atomic E-state index is 12.4. The molecule has 0 aliphatic rings. The summed E-state index contributed by atoms with van der Waals surface area (Å²) in [5, 5.41) is 5.94. The molecule has 32 heavy (non-hydrogen) atoms. The second kappa shape index (κ2) is 12.5. The third-order valence-corrected chi connectivity index (χ3v) is 4.85. The molecule has 0 aliphatic heterocycles. The van der Waals surface area contributed by atoms with E-state index in [9.17, 15) is 4.79 Å². The fourth-order valence-electron chi connectivity index (χ4n) is 3.01. The van der Waals surface area contributed by atoms with Crippen molar-refractivity contribution in [3.05, 3.63) is 90.0 Å². The van der Waals surface area contributed by atoms with Crippen molar-refractivity contribution in [1.29, 1.82) is 0 Å². The Balaban J connectivity index is 1.40. The first-order valence-corrected chi connectivity index (χ1v) is 11.2. The summed E-state index contributed by atoms with van der Waals surface area (Å²) in [5.74, 6) is 1.26. The number of carbonyl (C=O) groups is 1. The van der Waals surface area contributed by atoms with Crippen molar-refractivity contribution in [3.63, 3.8) is 0 Å². The molecule has 0 unspecified atom stereocenters. The summed E-state index contributed by atoms with van der Waals surface area (Å²) in [6.07, 6.45) is 2.87. The van der Waals surface area contributed by atoms with Gasteiger partial charge in [0, 0.05) is 11.3 Å². The Kier molecular flexibility index (Phi) is 9.07. The number of hydrogen-bond donors (Lipinski definition) is 2. The SMILES string of the molecule is CCCOc1ccc(C(=O)NC(=S)Nc2ccc(OCCCc3ccccc3)cc2)cc1. The summed E-state index contributed by atoms with van der Waals surface area (Å²) < 4.78 is 11.3. The molecule has 166 valence electrons. The van der Waals surface area contributed by atoms with E-state index >= 15 is 0 Å². The zero-order valence-electron chi connectivity index (χ0n) is 18.2. The van der Waals surface area contributed by atoms with Gasteiger partial charge in [-0.25, -0.2) is 0 Å². The molecule has 2 N–H and O–H groups in total. The third kappa shape index (κ3) is 7.71. The van der Waals surface area contributed by atoms with E-state index in [1.807, 2.05) is 49.4 Å². The Bertz CT molecular complexity index is 990. The average Bonchev–Trinajstić information content (AvgIpc) is 2.82. The van der Waals surface area contributed by atoms with Crippen LogP contribution >= 0.6 is 12.2 Å². The van der Waals surface area contributed by atoms with Gasteiger partial charge in [-0.15, -0.1) is 0 Å². The van der Waals surface area contributed by atoms with Gasteiger partial charge >= 0.3 is 0 Å². The molecule has 3 rings (SSSR count). The van der Waals surface area contributed by atoms with Gasteiger partial charge in [-0.1, -0.05) is 37.3 Å². The third-order valence-electron chi connectivity index (χ3n) is 4.65. The monoisotopic (exact) mass is 448 g/mol. The van der Waals surface area contributed by atoms with Gasteiger partial charge in [-0.05, 0) is 85.6 Å². The number of benzene rings is 3. The molecule has 0 saturated carbocycles. The summed E-state index contributed by atoms with van der Waals surface area (Å²) in [7, 11) is 0. The van der Waals surface area contributed by atoms with Gasteiger partial charge in [0.1, 0.15) is 11.5 Å². The van der Waals surface area contributed by atoms with E-state index in [-0.39, 0.29) is 11.0 Å². The zero-order chi connectivity index (χ0) is 22.6. The molecule has 0 saturated heterocycles. The van der Waals surface area contributed by atoms with E-state index in [4.69, 9.17) is 21.7 Å². The molecule has 0 fully saturated rings. The van der Waals surface area contributed by atoms with Crippen LogP contribution in [-0.2, 0) is 6.42 Å². The molecule has 0 bridgehead atoms. The van der Waals surface area contributed by atoms with Crippen LogP contribution in [0.5, 0.6) is 11.5 Å². The quantitative estimate of drug-likeness (QED) is 0.312.